The summed E-state index contributed by atoms with van der Waals surface area (Å²) in [4.78, 5) is 25.7. The molecule has 0 bridgehead atoms. The summed E-state index contributed by atoms with van der Waals surface area (Å²) < 4.78 is 38.0. The molecular weight excluding hydrogens is 357 g/mol. The van der Waals surface area contributed by atoms with E-state index in [9.17, 15) is 18.0 Å². The molecule has 3 heterocycles. The number of carbonyl (C=O) groups excluding carboxylic acids is 1. The number of halogens is 3. The summed E-state index contributed by atoms with van der Waals surface area (Å²) >= 11 is 0. The number of aromatic nitrogens is 3. The van der Waals surface area contributed by atoms with Gasteiger partial charge >= 0.3 is 12.1 Å². The van der Waals surface area contributed by atoms with Crippen LogP contribution in [0.4, 0.5) is 13.2 Å². The first-order valence-corrected chi connectivity index (χ1v) is 9.07. The molecule has 0 N–H and O–H groups in total. The van der Waals surface area contributed by atoms with E-state index in [0.717, 1.165) is 40.4 Å². The van der Waals surface area contributed by atoms with Crippen LogP contribution in [0.15, 0.2) is 30.7 Å². The number of hydrogen-bond donors (Lipinski definition) is 0. The summed E-state index contributed by atoms with van der Waals surface area (Å²) in [6.07, 6.45) is 3.46. The first-order valence-electron chi connectivity index (χ1n) is 9.07. The highest BCUT2D eigenvalue weighted by Crippen LogP contribution is 2.41. The number of piperidine rings is 1. The predicted molar refractivity (Wildman–Crippen MR) is 91.8 cm³/mol. The van der Waals surface area contributed by atoms with Crippen molar-refractivity contribution in [3.05, 3.63) is 42.2 Å². The minimum absolute atomic E-state index is 0.00551. The van der Waals surface area contributed by atoms with Gasteiger partial charge in [-0.05, 0) is 43.4 Å². The monoisotopic (exact) mass is 376 g/mol. The van der Waals surface area contributed by atoms with E-state index >= 15 is 0 Å². The van der Waals surface area contributed by atoms with E-state index in [4.69, 9.17) is 4.98 Å². The van der Waals surface area contributed by atoms with E-state index in [1.807, 2.05) is 18.3 Å². The van der Waals surface area contributed by atoms with Gasteiger partial charge in [-0.15, -0.1) is 0 Å². The van der Waals surface area contributed by atoms with Crippen molar-refractivity contribution in [2.45, 2.75) is 43.7 Å². The van der Waals surface area contributed by atoms with Crippen molar-refractivity contribution in [1.29, 1.82) is 0 Å². The lowest BCUT2D eigenvalue weighted by Crippen LogP contribution is -2.45. The molecule has 0 spiro atoms. The molecule has 1 aliphatic carbocycles. The number of carbonyl (C=O) groups is 1. The highest BCUT2D eigenvalue weighted by Gasteiger charge is 2.43. The van der Waals surface area contributed by atoms with Crippen LogP contribution in [0, 0.1) is 0 Å². The van der Waals surface area contributed by atoms with Crippen LogP contribution in [0.25, 0.3) is 11.1 Å². The summed E-state index contributed by atoms with van der Waals surface area (Å²) in [6, 6.07) is 3.75. The number of hydrogen-bond acceptors (Lipinski definition) is 4. The van der Waals surface area contributed by atoms with Gasteiger partial charge in [0.1, 0.15) is 5.82 Å². The number of likely N-dealkylation sites (tertiary alicyclic amines) is 1. The predicted octanol–water partition coefficient (Wildman–Crippen LogP) is 3.68. The third-order valence-electron chi connectivity index (χ3n) is 5.18. The number of alkyl halides is 3. The number of pyridine rings is 1. The molecule has 2 fully saturated rings. The summed E-state index contributed by atoms with van der Waals surface area (Å²) in [5.41, 5.74) is 2.70. The van der Waals surface area contributed by atoms with Crippen molar-refractivity contribution in [3.63, 3.8) is 0 Å². The van der Waals surface area contributed by atoms with Crippen molar-refractivity contribution in [1.82, 2.24) is 19.9 Å². The van der Waals surface area contributed by atoms with Gasteiger partial charge in [-0.1, -0.05) is 0 Å². The minimum Gasteiger partial charge on any atom is -0.335 e. The van der Waals surface area contributed by atoms with E-state index < -0.39 is 12.1 Å². The van der Waals surface area contributed by atoms with Crippen molar-refractivity contribution in [2.75, 3.05) is 13.1 Å². The smallest absolute Gasteiger partial charge is 0.335 e. The fourth-order valence-corrected chi connectivity index (χ4v) is 3.55. The first-order chi connectivity index (χ1) is 12.9. The largest absolute Gasteiger partial charge is 0.471 e. The van der Waals surface area contributed by atoms with Crippen LogP contribution in [-0.4, -0.2) is 45.0 Å². The van der Waals surface area contributed by atoms with Crippen molar-refractivity contribution in [3.8, 4) is 11.1 Å². The molecule has 0 radical (unpaired) electrons. The molecule has 27 heavy (non-hydrogen) atoms. The molecule has 1 aliphatic heterocycles. The molecule has 2 aromatic rings. The van der Waals surface area contributed by atoms with Gasteiger partial charge < -0.3 is 4.90 Å². The Bertz CT molecular complexity index is 829. The Morgan fingerprint density at radius 3 is 2.30 bits per heavy atom. The summed E-state index contributed by atoms with van der Waals surface area (Å²) in [5.74, 6) is -0.540. The van der Waals surface area contributed by atoms with Crippen LogP contribution >= 0.6 is 0 Å². The van der Waals surface area contributed by atoms with E-state index in [1.54, 1.807) is 12.4 Å². The zero-order chi connectivity index (χ0) is 19.0. The first kappa shape index (κ1) is 17.9. The molecule has 5 nitrogen and oxygen atoms in total. The average Bonchev–Trinajstić information content (AvgIpc) is 3.52. The lowest BCUT2D eigenvalue weighted by molar-refractivity contribution is -0.186. The van der Waals surface area contributed by atoms with Crippen molar-refractivity contribution in [2.24, 2.45) is 0 Å². The van der Waals surface area contributed by atoms with Gasteiger partial charge in [0.15, 0.2) is 0 Å². The molecule has 0 aromatic carbocycles. The third-order valence-corrected chi connectivity index (χ3v) is 5.18. The van der Waals surface area contributed by atoms with Crippen LogP contribution in [0.3, 0.4) is 0 Å². The second-order valence-electron chi connectivity index (χ2n) is 7.10. The number of nitrogens with zero attached hydrogens (tertiary/aromatic N) is 4. The van der Waals surface area contributed by atoms with Crippen LogP contribution in [0.2, 0.25) is 0 Å². The SMILES string of the molecule is O=C(N1CCC(c2nc(C3CC3)ncc2-c2ccncc2)CC1)C(F)(F)F. The van der Waals surface area contributed by atoms with Gasteiger partial charge in [-0.3, -0.25) is 9.78 Å². The Morgan fingerprint density at radius 2 is 1.70 bits per heavy atom. The van der Waals surface area contributed by atoms with E-state index in [1.165, 1.54) is 0 Å². The van der Waals surface area contributed by atoms with Crippen molar-refractivity contribution < 1.29 is 18.0 Å². The topological polar surface area (TPSA) is 59.0 Å². The quantitative estimate of drug-likeness (QED) is 0.820. The highest BCUT2D eigenvalue weighted by atomic mass is 19.4. The molecule has 0 unspecified atom stereocenters. The van der Waals surface area contributed by atoms with Crippen LogP contribution in [0.5, 0.6) is 0 Å². The number of rotatable bonds is 3. The standard InChI is InChI=1S/C19H19F3N4O/c20-19(21,22)18(27)26-9-5-13(6-10-26)16-15(12-3-7-23-8-4-12)11-24-17(25-16)14-1-2-14/h3-4,7-8,11,13-14H,1-2,5-6,9-10H2. The molecule has 4 rings (SSSR count). The lowest BCUT2D eigenvalue weighted by atomic mass is 9.89. The molecule has 1 amide bonds. The molecule has 1 saturated carbocycles. The molecule has 2 aliphatic rings. The van der Waals surface area contributed by atoms with Gasteiger partial charge in [0.25, 0.3) is 0 Å². The zero-order valence-electron chi connectivity index (χ0n) is 14.6. The maximum Gasteiger partial charge on any atom is 0.471 e. The fourth-order valence-electron chi connectivity index (χ4n) is 3.55. The normalized spacial score (nSPS) is 18.6. The van der Waals surface area contributed by atoms with Gasteiger partial charge in [0, 0.05) is 49.1 Å². The Balaban J connectivity index is 1.59. The van der Waals surface area contributed by atoms with Gasteiger partial charge in [-0.25, -0.2) is 9.97 Å². The van der Waals surface area contributed by atoms with Gasteiger partial charge in [-0.2, -0.15) is 13.2 Å². The Labute approximate surface area is 154 Å². The third kappa shape index (κ3) is 3.79. The highest BCUT2D eigenvalue weighted by molar-refractivity contribution is 5.82. The zero-order valence-corrected chi connectivity index (χ0v) is 14.6. The summed E-state index contributed by atoms with van der Waals surface area (Å²) in [5, 5.41) is 0. The molecule has 2 aromatic heterocycles. The molecular formula is C19H19F3N4O. The number of amides is 1. The van der Waals surface area contributed by atoms with E-state index in [-0.39, 0.29) is 19.0 Å². The summed E-state index contributed by atoms with van der Waals surface area (Å²) in [6.45, 7) is 0.170. The van der Waals surface area contributed by atoms with Crippen molar-refractivity contribution >= 4 is 5.91 Å². The fraction of sp³-hybridized carbons (Fsp3) is 0.474. The molecule has 142 valence electrons. The molecule has 1 saturated heterocycles. The average molecular weight is 376 g/mol. The molecule has 0 atom stereocenters. The maximum absolute atomic E-state index is 12.7. The van der Waals surface area contributed by atoms with Gasteiger partial charge in [0.05, 0.1) is 5.69 Å². The van der Waals surface area contributed by atoms with E-state index in [2.05, 4.69) is 9.97 Å². The lowest BCUT2D eigenvalue weighted by Gasteiger charge is -2.32. The maximum atomic E-state index is 12.7. The second-order valence-corrected chi connectivity index (χ2v) is 7.10. The van der Waals surface area contributed by atoms with E-state index in [0.29, 0.717) is 18.8 Å². The minimum atomic E-state index is -4.82. The van der Waals surface area contributed by atoms with Crippen LogP contribution in [-0.2, 0) is 4.79 Å². The van der Waals surface area contributed by atoms with Crippen LogP contribution < -0.4 is 0 Å². The Kier molecular flexibility index (Phi) is 4.57. The van der Waals surface area contributed by atoms with Gasteiger partial charge in [0.2, 0.25) is 0 Å². The summed E-state index contributed by atoms with van der Waals surface area (Å²) in [7, 11) is 0. The Hall–Kier alpha value is -2.51. The van der Waals surface area contributed by atoms with Crippen LogP contribution in [0.1, 0.15) is 49.0 Å². The molecule has 8 heteroatoms. The second kappa shape index (κ2) is 6.90. The Morgan fingerprint density at radius 1 is 1.04 bits per heavy atom.